The molecule has 13 nitrogen and oxygen atoms in total. The number of nitrogens with two attached hydrogens (primary N) is 1. The van der Waals surface area contributed by atoms with Crippen LogP contribution in [0.2, 0.25) is 0 Å². The van der Waals surface area contributed by atoms with Crippen molar-refractivity contribution >= 4 is 30.0 Å². The van der Waals surface area contributed by atoms with Crippen LogP contribution in [0.3, 0.4) is 0 Å². The molecule has 0 aromatic carbocycles. The lowest BCUT2D eigenvalue weighted by atomic mass is 9.81. The van der Waals surface area contributed by atoms with Crippen molar-refractivity contribution in [3.8, 4) is 0 Å². The number of carbonyl (C=O) groups is 2. The zero-order valence-corrected chi connectivity index (χ0v) is 29.9. The quantitative estimate of drug-likeness (QED) is 0.285. The van der Waals surface area contributed by atoms with Crippen LogP contribution in [-0.2, 0) is 9.47 Å². The molecular weight excluding hydrogens is 598 g/mol. The van der Waals surface area contributed by atoms with Gasteiger partial charge in [0.1, 0.15) is 11.2 Å². The summed E-state index contributed by atoms with van der Waals surface area (Å²) in [6.45, 7) is 17.5. The summed E-state index contributed by atoms with van der Waals surface area (Å²) in [7, 11) is 0. The third-order valence-corrected chi connectivity index (χ3v) is 9.16. The van der Waals surface area contributed by atoms with E-state index in [9.17, 15) is 9.59 Å². The van der Waals surface area contributed by atoms with Gasteiger partial charge in [-0.3, -0.25) is 0 Å². The van der Waals surface area contributed by atoms with E-state index in [-0.39, 0.29) is 24.2 Å². The van der Waals surface area contributed by atoms with Crippen molar-refractivity contribution in [2.24, 2.45) is 11.8 Å². The lowest BCUT2D eigenvalue weighted by Gasteiger charge is -2.37. The van der Waals surface area contributed by atoms with Crippen molar-refractivity contribution in [3.05, 3.63) is 0 Å². The number of piperazine rings is 1. The van der Waals surface area contributed by atoms with Crippen LogP contribution in [0.1, 0.15) is 106 Å². The molecule has 0 bridgehead atoms. The Morgan fingerprint density at radius 1 is 0.851 bits per heavy atom. The van der Waals surface area contributed by atoms with Crippen molar-refractivity contribution in [2.75, 3.05) is 68.3 Å². The Labute approximate surface area is 282 Å². The molecule has 1 saturated heterocycles. The van der Waals surface area contributed by atoms with E-state index in [1.54, 1.807) is 0 Å². The Kier molecular flexibility index (Phi) is 13.2. The van der Waals surface area contributed by atoms with Gasteiger partial charge >= 0.3 is 12.2 Å². The molecule has 3 aliphatic rings. The smallest absolute Gasteiger partial charge is 0.410 e. The van der Waals surface area contributed by atoms with Gasteiger partial charge in [-0.1, -0.05) is 19.3 Å². The van der Waals surface area contributed by atoms with E-state index < -0.39 is 11.2 Å². The first-order valence-corrected chi connectivity index (χ1v) is 17.9. The van der Waals surface area contributed by atoms with Gasteiger partial charge in [0.05, 0.1) is 0 Å². The van der Waals surface area contributed by atoms with Crippen LogP contribution < -0.4 is 21.3 Å². The number of aromatic nitrogens is 3. The molecule has 0 spiro atoms. The van der Waals surface area contributed by atoms with Gasteiger partial charge in [0.2, 0.25) is 17.8 Å². The van der Waals surface area contributed by atoms with E-state index in [1.807, 2.05) is 51.3 Å². The Balaban J connectivity index is 1.30. The van der Waals surface area contributed by atoms with Gasteiger partial charge in [-0.15, -0.1) is 0 Å². The number of amides is 2. The van der Waals surface area contributed by atoms with Crippen molar-refractivity contribution < 1.29 is 19.1 Å². The third kappa shape index (κ3) is 12.5. The molecule has 1 aromatic heterocycles. The Morgan fingerprint density at radius 3 is 2.11 bits per heavy atom. The van der Waals surface area contributed by atoms with Crippen LogP contribution in [-0.4, -0.2) is 107 Å². The highest BCUT2D eigenvalue weighted by Crippen LogP contribution is 2.30. The summed E-state index contributed by atoms with van der Waals surface area (Å²) < 4.78 is 11.6. The molecule has 3 fully saturated rings. The molecule has 13 heteroatoms. The van der Waals surface area contributed by atoms with Crippen LogP contribution in [0.5, 0.6) is 0 Å². The maximum absolute atomic E-state index is 13.4. The lowest BCUT2D eigenvalue weighted by Crippen LogP contribution is -2.46. The van der Waals surface area contributed by atoms with Crippen LogP contribution in [0, 0.1) is 11.8 Å². The zero-order chi connectivity index (χ0) is 34.0. The zero-order valence-electron chi connectivity index (χ0n) is 29.9. The maximum atomic E-state index is 13.4. The second kappa shape index (κ2) is 16.8. The SMILES string of the molecule is CC(C)(C)OC(=O)N(CCCN(C(=O)OC(C)(C)C)C1CCCCC1)CC1CCC(CNc2nc(N)nc(N3CCNCC3)n2)CC1. The monoisotopic (exact) mass is 659 g/mol. The number of hydrogen-bond donors (Lipinski definition) is 3. The van der Waals surface area contributed by atoms with E-state index >= 15 is 0 Å². The minimum absolute atomic E-state index is 0.195. The van der Waals surface area contributed by atoms with Gasteiger partial charge < -0.3 is 40.5 Å². The highest BCUT2D eigenvalue weighted by molar-refractivity contribution is 5.69. The van der Waals surface area contributed by atoms with E-state index in [1.165, 1.54) is 6.42 Å². The standard InChI is InChI=1S/C34H61N9O4/c1-33(2,3)46-31(44)42(19-10-20-43(27-11-8-7-9-12-27)32(45)47-34(4,5)6)24-26-15-13-25(14-16-26)23-37-29-38-28(35)39-30(40-29)41-21-17-36-18-22-41/h25-27,36H,7-24H2,1-6H3,(H3,35,37,38,39,40). The van der Waals surface area contributed by atoms with Crippen LogP contribution >= 0.6 is 0 Å². The summed E-state index contributed by atoms with van der Waals surface area (Å²) in [6, 6.07) is 0.195. The number of carbonyl (C=O) groups excluding carboxylic acids is 2. The first-order valence-electron chi connectivity index (χ1n) is 17.9. The molecule has 2 heterocycles. The molecule has 47 heavy (non-hydrogen) atoms. The van der Waals surface area contributed by atoms with Crippen molar-refractivity contribution in [3.63, 3.8) is 0 Å². The molecule has 0 radical (unpaired) electrons. The summed E-state index contributed by atoms with van der Waals surface area (Å²) in [5.74, 6) is 2.26. The molecule has 0 atom stereocenters. The second-order valence-corrected chi connectivity index (χ2v) is 15.6. The van der Waals surface area contributed by atoms with Crippen molar-refractivity contribution in [1.29, 1.82) is 0 Å². The van der Waals surface area contributed by atoms with Gasteiger partial charge in [0, 0.05) is 58.4 Å². The molecule has 4 rings (SSSR count). The molecule has 0 unspecified atom stereocenters. The number of nitrogens with zero attached hydrogens (tertiary/aromatic N) is 6. The molecule has 2 amide bonds. The first-order chi connectivity index (χ1) is 22.3. The fourth-order valence-corrected chi connectivity index (χ4v) is 6.78. The predicted molar refractivity (Wildman–Crippen MR) is 185 cm³/mol. The number of nitrogen functional groups attached to an aromatic ring is 1. The van der Waals surface area contributed by atoms with Crippen molar-refractivity contribution in [1.82, 2.24) is 30.1 Å². The molecule has 2 aliphatic carbocycles. The minimum Gasteiger partial charge on any atom is -0.444 e. The average molecular weight is 660 g/mol. The summed E-state index contributed by atoms with van der Waals surface area (Å²) in [5, 5.41) is 6.75. The second-order valence-electron chi connectivity index (χ2n) is 15.6. The van der Waals surface area contributed by atoms with Gasteiger partial charge in [-0.25, -0.2) is 9.59 Å². The fraction of sp³-hybridized carbons (Fsp3) is 0.853. The topological polar surface area (TPSA) is 151 Å². The maximum Gasteiger partial charge on any atom is 0.410 e. The molecule has 1 aromatic rings. The van der Waals surface area contributed by atoms with Gasteiger partial charge in [0.25, 0.3) is 0 Å². The Morgan fingerprint density at radius 2 is 1.47 bits per heavy atom. The van der Waals surface area contributed by atoms with Crippen LogP contribution in [0.4, 0.5) is 27.4 Å². The van der Waals surface area contributed by atoms with Gasteiger partial charge in [-0.2, -0.15) is 15.0 Å². The summed E-state index contributed by atoms with van der Waals surface area (Å²) in [6.07, 6.45) is 9.81. The Bertz CT molecular complexity index is 1140. The van der Waals surface area contributed by atoms with Crippen LogP contribution in [0.25, 0.3) is 0 Å². The van der Waals surface area contributed by atoms with E-state index in [4.69, 9.17) is 15.2 Å². The highest BCUT2D eigenvalue weighted by atomic mass is 16.6. The molecule has 4 N–H and O–H groups in total. The Hall–Kier alpha value is -3.09. The van der Waals surface area contributed by atoms with E-state index in [0.717, 1.165) is 84.1 Å². The van der Waals surface area contributed by atoms with Gasteiger partial charge in [0.15, 0.2) is 0 Å². The van der Waals surface area contributed by atoms with E-state index in [2.05, 4.69) is 30.5 Å². The number of anilines is 3. The van der Waals surface area contributed by atoms with Crippen LogP contribution in [0.15, 0.2) is 0 Å². The van der Waals surface area contributed by atoms with E-state index in [0.29, 0.717) is 49.8 Å². The first kappa shape index (κ1) is 36.7. The summed E-state index contributed by atoms with van der Waals surface area (Å²) in [5.41, 5.74) is 4.89. The number of ether oxygens (including phenoxy) is 2. The fourth-order valence-electron chi connectivity index (χ4n) is 6.78. The largest absolute Gasteiger partial charge is 0.444 e. The molecular formula is C34H61N9O4. The molecule has 1 aliphatic heterocycles. The third-order valence-electron chi connectivity index (χ3n) is 9.16. The summed E-state index contributed by atoms with van der Waals surface area (Å²) in [4.78, 5) is 45.8. The number of hydrogen-bond acceptors (Lipinski definition) is 11. The average Bonchev–Trinajstić information content (AvgIpc) is 3.01. The molecule has 2 saturated carbocycles. The lowest BCUT2D eigenvalue weighted by molar-refractivity contribution is 0.00904. The predicted octanol–water partition coefficient (Wildman–Crippen LogP) is 5.28. The van der Waals surface area contributed by atoms with Gasteiger partial charge in [-0.05, 0) is 98.3 Å². The highest BCUT2D eigenvalue weighted by Gasteiger charge is 2.31. The normalized spacial score (nSPS) is 21.2. The summed E-state index contributed by atoms with van der Waals surface area (Å²) >= 11 is 0. The number of nitrogens with one attached hydrogen (secondary N) is 2. The number of rotatable bonds is 11. The minimum atomic E-state index is -0.577. The van der Waals surface area contributed by atoms with Crippen molar-refractivity contribution in [2.45, 2.75) is 123 Å². The molecule has 266 valence electrons.